The normalized spacial score (nSPS) is 18.9. The lowest BCUT2D eigenvalue weighted by atomic mass is 10.3. The molecule has 0 radical (unpaired) electrons. The van der Waals surface area contributed by atoms with Crippen LogP contribution < -0.4 is 10.5 Å². The Kier molecular flexibility index (Phi) is 3.82. The van der Waals surface area contributed by atoms with Crippen molar-refractivity contribution in [2.45, 2.75) is 12.5 Å². The van der Waals surface area contributed by atoms with E-state index in [1.54, 1.807) is 24.3 Å². The van der Waals surface area contributed by atoms with Crippen molar-refractivity contribution in [3.05, 3.63) is 24.3 Å². The summed E-state index contributed by atoms with van der Waals surface area (Å²) in [7, 11) is 0. The number of benzene rings is 1. The topological polar surface area (TPSA) is 70.8 Å². The summed E-state index contributed by atoms with van der Waals surface area (Å²) in [6, 6.07) is 6.85. The lowest BCUT2D eigenvalue weighted by Crippen LogP contribution is -2.22. The third-order valence-corrected chi connectivity index (χ3v) is 2.42. The number of carbonyl (C=O) groups excluding carboxylic acids is 1. The van der Waals surface area contributed by atoms with Crippen LogP contribution in [0.4, 0.5) is 5.69 Å². The fraction of sp³-hybridized carbons (Fsp3) is 0.417. The summed E-state index contributed by atoms with van der Waals surface area (Å²) < 4.78 is 15.5. The fourth-order valence-corrected chi connectivity index (χ4v) is 1.53. The van der Waals surface area contributed by atoms with E-state index in [1.165, 1.54) is 0 Å². The van der Waals surface area contributed by atoms with Crippen molar-refractivity contribution >= 4 is 11.7 Å². The van der Waals surface area contributed by atoms with Crippen LogP contribution in [0.15, 0.2) is 24.3 Å². The van der Waals surface area contributed by atoms with Gasteiger partial charge in [-0.3, -0.25) is 0 Å². The SMILES string of the molecule is Nc1ccc(OCC(=O)OC2CCOC2)cc1. The van der Waals surface area contributed by atoms with Crippen LogP contribution in [0.3, 0.4) is 0 Å². The molecule has 17 heavy (non-hydrogen) atoms. The van der Waals surface area contributed by atoms with E-state index in [0.29, 0.717) is 24.7 Å². The van der Waals surface area contributed by atoms with Gasteiger partial charge in [-0.15, -0.1) is 0 Å². The molecule has 0 spiro atoms. The Hall–Kier alpha value is -1.75. The molecular weight excluding hydrogens is 222 g/mol. The number of ether oxygens (including phenoxy) is 3. The number of nitrogens with two attached hydrogens (primary N) is 1. The number of hydrogen-bond acceptors (Lipinski definition) is 5. The molecule has 1 unspecified atom stereocenters. The number of esters is 1. The van der Waals surface area contributed by atoms with E-state index < -0.39 is 0 Å². The Morgan fingerprint density at radius 1 is 1.41 bits per heavy atom. The van der Waals surface area contributed by atoms with Crippen LogP contribution in [0.1, 0.15) is 6.42 Å². The number of rotatable bonds is 4. The maximum absolute atomic E-state index is 11.4. The molecule has 5 nitrogen and oxygen atoms in total. The minimum atomic E-state index is -0.377. The molecule has 1 atom stereocenters. The van der Waals surface area contributed by atoms with Gasteiger partial charge in [0.25, 0.3) is 0 Å². The Morgan fingerprint density at radius 2 is 2.18 bits per heavy atom. The highest BCUT2D eigenvalue weighted by Crippen LogP contribution is 2.13. The average molecular weight is 237 g/mol. The van der Waals surface area contributed by atoms with Gasteiger partial charge in [0.15, 0.2) is 6.61 Å². The lowest BCUT2D eigenvalue weighted by molar-refractivity contribution is -0.151. The van der Waals surface area contributed by atoms with Gasteiger partial charge < -0.3 is 19.9 Å². The van der Waals surface area contributed by atoms with Crippen LogP contribution in [0, 0.1) is 0 Å². The maximum Gasteiger partial charge on any atom is 0.344 e. The molecule has 1 aromatic rings. The van der Waals surface area contributed by atoms with E-state index in [9.17, 15) is 4.79 Å². The molecule has 2 N–H and O–H groups in total. The van der Waals surface area contributed by atoms with Crippen LogP contribution in [0.2, 0.25) is 0 Å². The summed E-state index contributed by atoms with van der Waals surface area (Å²) >= 11 is 0. The molecular formula is C12H15NO4. The van der Waals surface area contributed by atoms with Gasteiger partial charge in [-0.25, -0.2) is 4.79 Å². The first kappa shape index (κ1) is 11.7. The Bertz CT molecular complexity index is 371. The fourth-order valence-electron chi connectivity index (χ4n) is 1.53. The van der Waals surface area contributed by atoms with Crippen molar-refractivity contribution in [2.24, 2.45) is 0 Å². The molecule has 1 aliphatic rings. The molecule has 1 fully saturated rings. The summed E-state index contributed by atoms with van der Waals surface area (Å²) in [6.07, 6.45) is 0.630. The lowest BCUT2D eigenvalue weighted by Gasteiger charge is -2.10. The molecule has 0 aliphatic carbocycles. The predicted molar refractivity (Wildman–Crippen MR) is 61.7 cm³/mol. The zero-order valence-corrected chi connectivity index (χ0v) is 9.43. The van der Waals surface area contributed by atoms with Crippen molar-refractivity contribution < 1.29 is 19.0 Å². The third kappa shape index (κ3) is 3.64. The summed E-state index contributed by atoms with van der Waals surface area (Å²) in [4.78, 5) is 11.4. The molecule has 1 saturated heterocycles. The van der Waals surface area contributed by atoms with Crippen LogP contribution in [0.5, 0.6) is 5.75 Å². The zero-order chi connectivity index (χ0) is 12.1. The molecule has 2 rings (SSSR count). The maximum atomic E-state index is 11.4. The number of anilines is 1. The minimum Gasteiger partial charge on any atom is -0.482 e. The first-order valence-electron chi connectivity index (χ1n) is 5.49. The van der Waals surface area contributed by atoms with E-state index in [2.05, 4.69) is 0 Å². The third-order valence-electron chi connectivity index (χ3n) is 2.42. The standard InChI is InChI=1S/C12H15NO4/c13-9-1-3-10(4-2-9)16-8-12(14)17-11-5-6-15-7-11/h1-4,11H,5-8,13H2. The molecule has 0 amide bonds. The monoisotopic (exact) mass is 237 g/mol. The molecule has 0 aromatic heterocycles. The van der Waals surface area contributed by atoms with Gasteiger partial charge in [0.1, 0.15) is 11.9 Å². The van der Waals surface area contributed by atoms with E-state index in [-0.39, 0.29) is 18.7 Å². The van der Waals surface area contributed by atoms with Crippen molar-refractivity contribution in [1.29, 1.82) is 0 Å². The molecule has 5 heteroatoms. The first-order valence-corrected chi connectivity index (χ1v) is 5.49. The van der Waals surface area contributed by atoms with E-state index >= 15 is 0 Å². The Labute approximate surface area is 99.5 Å². The zero-order valence-electron chi connectivity index (χ0n) is 9.43. The molecule has 92 valence electrons. The van der Waals surface area contributed by atoms with Gasteiger partial charge in [0.2, 0.25) is 0 Å². The van der Waals surface area contributed by atoms with Gasteiger partial charge in [-0.1, -0.05) is 0 Å². The van der Waals surface area contributed by atoms with E-state index in [1.807, 2.05) is 0 Å². The summed E-state index contributed by atoms with van der Waals surface area (Å²) in [5.74, 6) is 0.219. The van der Waals surface area contributed by atoms with Crippen LogP contribution in [0.25, 0.3) is 0 Å². The Morgan fingerprint density at radius 3 is 2.82 bits per heavy atom. The molecule has 0 saturated carbocycles. The molecule has 1 aliphatic heterocycles. The second kappa shape index (κ2) is 5.54. The molecule has 0 bridgehead atoms. The van der Waals surface area contributed by atoms with Crippen molar-refractivity contribution in [2.75, 3.05) is 25.6 Å². The summed E-state index contributed by atoms with van der Waals surface area (Å²) in [5, 5.41) is 0. The van der Waals surface area contributed by atoms with Gasteiger partial charge in [-0.05, 0) is 24.3 Å². The first-order chi connectivity index (χ1) is 8.24. The minimum absolute atomic E-state index is 0.0968. The highest BCUT2D eigenvalue weighted by Gasteiger charge is 2.19. The van der Waals surface area contributed by atoms with E-state index in [0.717, 1.165) is 6.42 Å². The quantitative estimate of drug-likeness (QED) is 0.624. The van der Waals surface area contributed by atoms with Crippen LogP contribution >= 0.6 is 0 Å². The second-order valence-electron chi connectivity index (χ2n) is 3.83. The van der Waals surface area contributed by atoms with Crippen molar-refractivity contribution in [3.8, 4) is 5.75 Å². The number of hydrogen-bond donors (Lipinski definition) is 1. The van der Waals surface area contributed by atoms with E-state index in [4.69, 9.17) is 19.9 Å². The summed E-state index contributed by atoms with van der Waals surface area (Å²) in [6.45, 7) is 1.03. The highest BCUT2D eigenvalue weighted by molar-refractivity contribution is 5.71. The van der Waals surface area contributed by atoms with Gasteiger partial charge in [0.05, 0.1) is 13.2 Å². The predicted octanol–water partition coefficient (Wildman–Crippen LogP) is 0.980. The number of nitrogen functional groups attached to an aromatic ring is 1. The smallest absolute Gasteiger partial charge is 0.344 e. The summed E-state index contributed by atoms with van der Waals surface area (Å²) in [5.41, 5.74) is 6.19. The Balaban J connectivity index is 1.73. The van der Waals surface area contributed by atoms with Crippen molar-refractivity contribution in [1.82, 2.24) is 0 Å². The number of carbonyl (C=O) groups is 1. The van der Waals surface area contributed by atoms with Gasteiger partial charge in [0, 0.05) is 12.1 Å². The second-order valence-corrected chi connectivity index (χ2v) is 3.83. The largest absolute Gasteiger partial charge is 0.482 e. The molecule has 1 heterocycles. The molecule has 1 aromatic carbocycles. The van der Waals surface area contributed by atoms with Crippen LogP contribution in [-0.4, -0.2) is 31.9 Å². The van der Waals surface area contributed by atoms with Crippen molar-refractivity contribution in [3.63, 3.8) is 0 Å². The van der Waals surface area contributed by atoms with Gasteiger partial charge in [-0.2, -0.15) is 0 Å². The van der Waals surface area contributed by atoms with Gasteiger partial charge >= 0.3 is 5.97 Å². The van der Waals surface area contributed by atoms with Crippen LogP contribution in [-0.2, 0) is 14.3 Å². The average Bonchev–Trinajstić information content (AvgIpc) is 2.81. The highest BCUT2D eigenvalue weighted by atomic mass is 16.6.